The molecule has 2 aromatic rings. The first kappa shape index (κ1) is 15.7. The molecule has 2 heterocycles. The Kier molecular flexibility index (Phi) is 4.60. The Morgan fingerprint density at radius 3 is 2.83 bits per heavy atom. The lowest BCUT2D eigenvalue weighted by molar-refractivity contribution is -0.0562. The number of aliphatic hydroxyl groups excluding tert-OH is 1. The van der Waals surface area contributed by atoms with Crippen LogP contribution in [0.5, 0.6) is 0 Å². The summed E-state index contributed by atoms with van der Waals surface area (Å²) in [5.41, 5.74) is 0.931. The molecule has 1 saturated carbocycles. The van der Waals surface area contributed by atoms with Crippen LogP contribution in [0.2, 0.25) is 0 Å². The van der Waals surface area contributed by atoms with Gasteiger partial charge in [0.05, 0.1) is 25.9 Å². The molecule has 1 aromatic carbocycles. The summed E-state index contributed by atoms with van der Waals surface area (Å²) in [6, 6.07) is 10.0. The van der Waals surface area contributed by atoms with Crippen LogP contribution in [-0.2, 0) is 11.3 Å². The van der Waals surface area contributed by atoms with Crippen LogP contribution in [0.15, 0.2) is 34.7 Å². The smallest absolute Gasteiger partial charge is 0.247 e. The Balaban J connectivity index is 1.48. The van der Waals surface area contributed by atoms with E-state index in [-0.39, 0.29) is 18.1 Å². The Labute approximate surface area is 141 Å². The average Bonchev–Trinajstić information content (AvgIpc) is 3.25. The van der Waals surface area contributed by atoms with E-state index < -0.39 is 0 Å². The summed E-state index contributed by atoms with van der Waals surface area (Å²) in [7, 11) is 0. The third kappa shape index (κ3) is 3.22. The number of ether oxygens (including phenoxy) is 1. The van der Waals surface area contributed by atoms with Crippen LogP contribution >= 0.6 is 0 Å². The largest absolute Gasteiger partial charge is 0.419 e. The van der Waals surface area contributed by atoms with Crippen LogP contribution < -0.4 is 0 Å². The molecular formula is C18H23N3O3. The van der Waals surface area contributed by atoms with Crippen molar-refractivity contribution in [3.63, 3.8) is 0 Å². The van der Waals surface area contributed by atoms with Crippen molar-refractivity contribution in [2.45, 2.75) is 38.0 Å². The first-order chi connectivity index (χ1) is 11.8. The SMILES string of the molecule is O[C@@H]1CCC[C@H]1[C@@H]1COCCN1Cc1nnc(-c2ccccc2)o1. The van der Waals surface area contributed by atoms with Gasteiger partial charge < -0.3 is 14.3 Å². The summed E-state index contributed by atoms with van der Waals surface area (Å²) in [6.45, 7) is 2.81. The van der Waals surface area contributed by atoms with Gasteiger partial charge in [0.15, 0.2) is 0 Å². The maximum absolute atomic E-state index is 10.2. The fourth-order valence-corrected chi connectivity index (χ4v) is 3.85. The molecule has 2 aliphatic rings. The molecule has 2 fully saturated rings. The maximum Gasteiger partial charge on any atom is 0.247 e. The second-order valence-electron chi connectivity index (χ2n) is 6.64. The number of hydrogen-bond acceptors (Lipinski definition) is 6. The zero-order chi connectivity index (χ0) is 16.4. The van der Waals surface area contributed by atoms with Crippen LogP contribution in [0.4, 0.5) is 0 Å². The van der Waals surface area contributed by atoms with E-state index in [4.69, 9.17) is 9.15 Å². The highest BCUT2D eigenvalue weighted by atomic mass is 16.5. The van der Waals surface area contributed by atoms with Crippen LogP contribution in [-0.4, -0.2) is 52.1 Å². The highest BCUT2D eigenvalue weighted by Crippen LogP contribution is 2.32. The fourth-order valence-electron chi connectivity index (χ4n) is 3.85. The molecule has 0 radical (unpaired) electrons. The quantitative estimate of drug-likeness (QED) is 0.926. The topological polar surface area (TPSA) is 71.6 Å². The Morgan fingerprint density at radius 2 is 2.04 bits per heavy atom. The number of aromatic nitrogens is 2. The number of morpholine rings is 1. The normalized spacial score (nSPS) is 28.3. The van der Waals surface area contributed by atoms with E-state index >= 15 is 0 Å². The first-order valence-electron chi connectivity index (χ1n) is 8.69. The van der Waals surface area contributed by atoms with Gasteiger partial charge in [-0.05, 0) is 25.0 Å². The van der Waals surface area contributed by atoms with Crippen molar-refractivity contribution < 1.29 is 14.3 Å². The second-order valence-corrected chi connectivity index (χ2v) is 6.64. The van der Waals surface area contributed by atoms with Crippen molar-refractivity contribution in [2.24, 2.45) is 5.92 Å². The predicted octanol–water partition coefficient (Wildman–Crippen LogP) is 2.10. The predicted molar refractivity (Wildman–Crippen MR) is 88.1 cm³/mol. The van der Waals surface area contributed by atoms with E-state index in [9.17, 15) is 5.11 Å². The van der Waals surface area contributed by atoms with Crippen LogP contribution in [0.1, 0.15) is 25.2 Å². The number of hydrogen-bond donors (Lipinski definition) is 1. The molecule has 1 saturated heterocycles. The summed E-state index contributed by atoms with van der Waals surface area (Å²) in [5.74, 6) is 1.45. The van der Waals surface area contributed by atoms with Crippen molar-refractivity contribution in [1.82, 2.24) is 15.1 Å². The zero-order valence-electron chi connectivity index (χ0n) is 13.7. The minimum Gasteiger partial charge on any atom is -0.419 e. The third-order valence-electron chi connectivity index (χ3n) is 5.13. The van der Waals surface area contributed by atoms with E-state index in [1.54, 1.807) is 0 Å². The molecule has 0 unspecified atom stereocenters. The zero-order valence-corrected chi connectivity index (χ0v) is 13.7. The summed E-state index contributed by atoms with van der Waals surface area (Å²) in [6.07, 6.45) is 2.83. The van der Waals surface area contributed by atoms with E-state index in [2.05, 4.69) is 15.1 Å². The summed E-state index contributed by atoms with van der Waals surface area (Å²) >= 11 is 0. The fraction of sp³-hybridized carbons (Fsp3) is 0.556. The van der Waals surface area contributed by atoms with Gasteiger partial charge in [0.25, 0.3) is 0 Å². The molecule has 6 nitrogen and oxygen atoms in total. The van der Waals surface area contributed by atoms with Crippen molar-refractivity contribution >= 4 is 0 Å². The lowest BCUT2D eigenvalue weighted by Gasteiger charge is -2.39. The average molecular weight is 329 g/mol. The molecular weight excluding hydrogens is 306 g/mol. The van der Waals surface area contributed by atoms with Crippen molar-refractivity contribution in [2.75, 3.05) is 19.8 Å². The van der Waals surface area contributed by atoms with Gasteiger partial charge in [-0.1, -0.05) is 24.6 Å². The van der Waals surface area contributed by atoms with Crippen molar-refractivity contribution in [3.05, 3.63) is 36.2 Å². The molecule has 0 spiro atoms. The lowest BCUT2D eigenvalue weighted by Crippen LogP contribution is -2.50. The molecule has 128 valence electrons. The highest BCUT2D eigenvalue weighted by Gasteiger charge is 2.38. The number of rotatable bonds is 4. The minimum absolute atomic E-state index is 0.221. The number of aliphatic hydroxyl groups is 1. The maximum atomic E-state index is 10.2. The molecule has 0 amide bonds. The molecule has 4 rings (SSSR count). The molecule has 1 aliphatic carbocycles. The molecule has 1 aromatic heterocycles. The van der Waals surface area contributed by atoms with E-state index in [0.717, 1.165) is 31.4 Å². The van der Waals surface area contributed by atoms with Gasteiger partial charge in [-0.15, -0.1) is 10.2 Å². The van der Waals surface area contributed by atoms with E-state index in [1.807, 2.05) is 30.3 Å². The van der Waals surface area contributed by atoms with Gasteiger partial charge in [0.2, 0.25) is 11.8 Å². The standard InChI is InChI=1S/C18H23N3O3/c22-16-8-4-7-14(16)15-12-23-10-9-21(15)11-17-19-20-18(24-17)13-5-2-1-3-6-13/h1-3,5-6,14-16,22H,4,7-12H2/t14-,15-,16+/m0/s1. The van der Waals surface area contributed by atoms with Gasteiger partial charge in [-0.2, -0.15) is 0 Å². The number of nitrogens with zero attached hydrogens (tertiary/aromatic N) is 3. The summed E-state index contributed by atoms with van der Waals surface area (Å²) in [5, 5.41) is 18.6. The Morgan fingerprint density at radius 1 is 1.17 bits per heavy atom. The van der Waals surface area contributed by atoms with Gasteiger partial charge >= 0.3 is 0 Å². The van der Waals surface area contributed by atoms with Gasteiger partial charge in [-0.3, -0.25) is 4.90 Å². The summed E-state index contributed by atoms with van der Waals surface area (Å²) in [4.78, 5) is 2.32. The number of benzene rings is 1. The van der Waals surface area contributed by atoms with E-state index in [0.29, 0.717) is 31.5 Å². The molecule has 1 N–H and O–H groups in total. The van der Waals surface area contributed by atoms with Gasteiger partial charge in [0.1, 0.15) is 0 Å². The monoisotopic (exact) mass is 329 g/mol. The Bertz CT molecular complexity index is 661. The van der Waals surface area contributed by atoms with Gasteiger partial charge in [-0.25, -0.2) is 0 Å². The minimum atomic E-state index is -0.221. The second kappa shape index (κ2) is 7.01. The van der Waals surface area contributed by atoms with Crippen LogP contribution in [0.3, 0.4) is 0 Å². The molecule has 6 heteroatoms. The van der Waals surface area contributed by atoms with Gasteiger partial charge in [0, 0.05) is 24.1 Å². The highest BCUT2D eigenvalue weighted by molar-refractivity contribution is 5.51. The summed E-state index contributed by atoms with van der Waals surface area (Å²) < 4.78 is 11.5. The third-order valence-corrected chi connectivity index (χ3v) is 5.13. The van der Waals surface area contributed by atoms with Crippen molar-refractivity contribution in [1.29, 1.82) is 0 Å². The molecule has 3 atom stereocenters. The molecule has 0 bridgehead atoms. The lowest BCUT2D eigenvalue weighted by atomic mass is 9.94. The van der Waals surface area contributed by atoms with Crippen LogP contribution in [0.25, 0.3) is 11.5 Å². The van der Waals surface area contributed by atoms with Crippen molar-refractivity contribution in [3.8, 4) is 11.5 Å². The van der Waals surface area contributed by atoms with Crippen LogP contribution in [0, 0.1) is 5.92 Å². The molecule has 1 aliphatic heterocycles. The van der Waals surface area contributed by atoms with E-state index in [1.165, 1.54) is 0 Å². The molecule has 24 heavy (non-hydrogen) atoms. The Hall–Kier alpha value is -1.76. The first-order valence-corrected chi connectivity index (χ1v) is 8.69.